The Labute approximate surface area is 193 Å². The third-order valence-corrected chi connectivity index (χ3v) is 6.35. The number of nitrogens with one attached hydrogen (secondary N) is 2. The molecule has 2 aromatic rings. The van der Waals surface area contributed by atoms with Crippen LogP contribution in [0.25, 0.3) is 0 Å². The van der Waals surface area contributed by atoms with Crippen molar-refractivity contribution in [2.45, 2.75) is 25.4 Å². The van der Waals surface area contributed by atoms with Crippen molar-refractivity contribution < 1.29 is 18.7 Å². The Morgan fingerprint density at radius 3 is 2.52 bits per heavy atom. The zero-order valence-electron chi connectivity index (χ0n) is 19.0. The summed E-state index contributed by atoms with van der Waals surface area (Å²) in [5.74, 6) is -1.72. The molecule has 2 aliphatic heterocycles. The lowest BCUT2D eigenvalue weighted by molar-refractivity contribution is -0.139. The molecule has 1 fully saturated rings. The van der Waals surface area contributed by atoms with Gasteiger partial charge in [-0.05, 0) is 47.7 Å². The Balaban J connectivity index is 1.40. The highest BCUT2D eigenvalue weighted by Gasteiger charge is 2.26. The molecular weight excluding hydrogens is 423 g/mol. The van der Waals surface area contributed by atoms with E-state index in [-0.39, 0.29) is 18.4 Å². The van der Waals surface area contributed by atoms with Gasteiger partial charge in [0, 0.05) is 45.5 Å². The number of halogens is 1. The van der Waals surface area contributed by atoms with Crippen LogP contribution in [0.3, 0.4) is 0 Å². The van der Waals surface area contributed by atoms with Gasteiger partial charge in [0.2, 0.25) is 0 Å². The van der Waals surface area contributed by atoms with Crippen molar-refractivity contribution in [3.8, 4) is 0 Å². The molecule has 2 aromatic carbocycles. The molecule has 176 valence electrons. The highest BCUT2D eigenvalue weighted by Crippen LogP contribution is 2.30. The number of aryl methyl sites for hydroxylation is 1. The SMILES string of the molecule is CN1CCCc2cc([C@H](CNC(=O)C(=O)NCc3ccc(F)cc3)N3CCOCC3)ccc21. The Hall–Kier alpha value is -2.97. The summed E-state index contributed by atoms with van der Waals surface area (Å²) in [4.78, 5) is 29.4. The maximum Gasteiger partial charge on any atom is 0.309 e. The van der Waals surface area contributed by atoms with Crippen molar-refractivity contribution in [3.05, 3.63) is 65.0 Å². The second-order valence-corrected chi connectivity index (χ2v) is 8.60. The number of rotatable bonds is 6. The van der Waals surface area contributed by atoms with E-state index in [4.69, 9.17) is 4.74 Å². The van der Waals surface area contributed by atoms with Crippen LogP contribution in [-0.4, -0.2) is 63.2 Å². The van der Waals surface area contributed by atoms with E-state index < -0.39 is 11.8 Å². The summed E-state index contributed by atoms with van der Waals surface area (Å²) in [5.41, 5.74) is 4.44. The lowest BCUT2D eigenvalue weighted by Crippen LogP contribution is -2.46. The van der Waals surface area contributed by atoms with Gasteiger partial charge in [-0.3, -0.25) is 14.5 Å². The highest BCUT2D eigenvalue weighted by atomic mass is 19.1. The molecule has 0 aromatic heterocycles. The van der Waals surface area contributed by atoms with E-state index >= 15 is 0 Å². The lowest BCUT2D eigenvalue weighted by atomic mass is 9.95. The van der Waals surface area contributed by atoms with Crippen LogP contribution in [0.15, 0.2) is 42.5 Å². The maximum absolute atomic E-state index is 13.0. The van der Waals surface area contributed by atoms with Gasteiger partial charge in [-0.1, -0.05) is 24.3 Å². The number of morpholine rings is 1. The van der Waals surface area contributed by atoms with E-state index in [0.717, 1.165) is 43.6 Å². The first-order valence-electron chi connectivity index (χ1n) is 11.5. The molecule has 2 aliphatic rings. The highest BCUT2D eigenvalue weighted by molar-refractivity contribution is 6.35. The van der Waals surface area contributed by atoms with Crippen molar-refractivity contribution in [1.29, 1.82) is 0 Å². The van der Waals surface area contributed by atoms with Crippen LogP contribution in [0, 0.1) is 5.82 Å². The Bertz CT molecular complexity index is 976. The fourth-order valence-corrected chi connectivity index (χ4v) is 4.49. The molecule has 1 atom stereocenters. The van der Waals surface area contributed by atoms with Crippen LogP contribution in [0.4, 0.5) is 10.1 Å². The number of hydrogen-bond donors (Lipinski definition) is 2. The van der Waals surface area contributed by atoms with Gasteiger partial charge in [-0.2, -0.15) is 0 Å². The van der Waals surface area contributed by atoms with Crippen LogP contribution in [0.1, 0.15) is 29.2 Å². The van der Waals surface area contributed by atoms with Crippen LogP contribution < -0.4 is 15.5 Å². The van der Waals surface area contributed by atoms with E-state index in [1.165, 1.54) is 23.4 Å². The first-order valence-corrected chi connectivity index (χ1v) is 11.5. The summed E-state index contributed by atoms with van der Waals surface area (Å²) in [7, 11) is 2.11. The predicted molar refractivity (Wildman–Crippen MR) is 124 cm³/mol. The normalized spacial score (nSPS) is 17.2. The average molecular weight is 455 g/mol. The number of benzene rings is 2. The smallest absolute Gasteiger partial charge is 0.309 e. The monoisotopic (exact) mass is 454 g/mol. The van der Waals surface area contributed by atoms with Crippen LogP contribution in [0.2, 0.25) is 0 Å². The van der Waals surface area contributed by atoms with Gasteiger partial charge in [0.05, 0.1) is 19.3 Å². The summed E-state index contributed by atoms with van der Waals surface area (Å²) >= 11 is 0. The molecule has 4 rings (SSSR count). The summed E-state index contributed by atoms with van der Waals surface area (Å²) in [6.45, 7) is 4.40. The minimum atomic E-state index is -0.702. The van der Waals surface area contributed by atoms with Gasteiger partial charge in [0.15, 0.2) is 0 Å². The molecule has 2 heterocycles. The van der Waals surface area contributed by atoms with E-state index in [2.05, 4.69) is 45.7 Å². The maximum atomic E-state index is 13.0. The number of ether oxygens (including phenoxy) is 1. The van der Waals surface area contributed by atoms with Gasteiger partial charge >= 0.3 is 11.8 Å². The molecule has 0 spiro atoms. The molecule has 7 nitrogen and oxygen atoms in total. The fourth-order valence-electron chi connectivity index (χ4n) is 4.49. The lowest BCUT2D eigenvalue weighted by Gasteiger charge is -2.36. The average Bonchev–Trinajstić information content (AvgIpc) is 2.84. The van der Waals surface area contributed by atoms with Crippen LogP contribution >= 0.6 is 0 Å². The van der Waals surface area contributed by atoms with Gasteiger partial charge in [0.25, 0.3) is 0 Å². The van der Waals surface area contributed by atoms with E-state index in [0.29, 0.717) is 19.8 Å². The largest absolute Gasteiger partial charge is 0.379 e. The predicted octanol–water partition coefficient (Wildman–Crippen LogP) is 2.01. The molecule has 0 aliphatic carbocycles. The summed E-state index contributed by atoms with van der Waals surface area (Å²) < 4.78 is 18.5. The number of fused-ring (bicyclic) bond motifs is 1. The van der Waals surface area contributed by atoms with Crippen molar-refractivity contribution in [2.24, 2.45) is 0 Å². The van der Waals surface area contributed by atoms with Gasteiger partial charge in [-0.25, -0.2) is 4.39 Å². The third kappa shape index (κ3) is 5.89. The molecule has 8 heteroatoms. The van der Waals surface area contributed by atoms with E-state index in [1.54, 1.807) is 12.1 Å². The van der Waals surface area contributed by atoms with Crippen molar-refractivity contribution in [3.63, 3.8) is 0 Å². The molecule has 0 unspecified atom stereocenters. The summed E-state index contributed by atoms with van der Waals surface area (Å²) in [6.07, 6.45) is 2.17. The third-order valence-electron chi connectivity index (χ3n) is 6.35. The number of nitrogens with zero attached hydrogens (tertiary/aromatic N) is 2. The van der Waals surface area contributed by atoms with Gasteiger partial charge < -0.3 is 20.3 Å². The molecule has 0 radical (unpaired) electrons. The Kier molecular flexibility index (Phi) is 7.57. The Morgan fingerprint density at radius 1 is 1.03 bits per heavy atom. The fraction of sp³-hybridized carbons (Fsp3) is 0.440. The minimum Gasteiger partial charge on any atom is -0.379 e. The number of hydrogen-bond acceptors (Lipinski definition) is 5. The van der Waals surface area contributed by atoms with Crippen molar-refractivity contribution >= 4 is 17.5 Å². The number of amides is 2. The van der Waals surface area contributed by atoms with E-state index in [1.807, 2.05) is 0 Å². The standard InChI is InChI=1S/C25H31FN4O3/c1-29-10-2-3-19-15-20(6-9-22(19)29)23(30-11-13-33-14-12-30)17-28-25(32)24(31)27-16-18-4-7-21(26)8-5-18/h4-9,15,23H,2-3,10-14,16-17H2,1H3,(H,27,31)(H,28,32)/t23-/m0/s1. The first kappa shape index (κ1) is 23.2. The quantitative estimate of drug-likeness (QED) is 0.654. The van der Waals surface area contributed by atoms with Crippen molar-refractivity contribution in [2.75, 3.05) is 51.3 Å². The van der Waals surface area contributed by atoms with Crippen molar-refractivity contribution in [1.82, 2.24) is 15.5 Å². The summed E-state index contributed by atoms with van der Waals surface area (Å²) in [5, 5.41) is 5.40. The van der Waals surface area contributed by atoms with Gasteiger partial charge in [-0.15, -0.1) is 0 Å². The zero-order valence-corrected chi connectivity index (χ0v) is 19.0. The molecule has 1 saturated heterocycles. The van der Waals surface area contributed by atoms with E-state index in [9.17, 15) is 14.0 Å². The number of carbonyl (C=O) groups excluding carboxylic acids is 2. The van der Waals surface area contributed by atoms with Crippen LogP contribution in [-0.2, 0) is 27.3 Å². The number of anilines is 1. The van der Waals surface area contributed by atoms with Gasteiger partial charge in [0.1, 0.15) is 5.82 Å². The molecule has 0 bridgehead atoms. The second kappa shape index (κ2) is 10.8. The topological polar surface area (TPSA) is 73.9 Å². The second-order valence-electron chi connectivity index (χ2n) is 8.60. The first-order chi connectivity index (χ1) is 16.0. The zero-order chi connectivity index (χ0) is 23.2. The van der Waals surface area contributed by atoms with Crippen LogP contribution in [0.5, 0.6) is 0 Å². The molecule has 2 amide bonds. The summed E-state index contributed by atoms with van der Waals surface area (Å²) in [6, 6.07) is 12.3. The molecule has 0 saturated carbocycles. The molecule has 33 heavy (non-hydrogen) atoms. The number of carbonyl (C=O) groups is 2. The molecular formula is C25H31FN4O3. The Morgan fingerprint density at radius 2 is 1.76 bits per heavy atom. The minimum absolute atomic E-state index is 0.0414. The molecule has 2 N–H and O–H groups in total.